The second-order valence-electron chi connectivity index (χ2n) is 8.01. The summed E-state index contributed by atoms with van der Waals surface area (Å²) in [6.07, 6.45) is 1.44. The van der Waals surface area contributed by atoms with Gasteiger partial charge < -0.3 is 9.64 Å². The number of carbonyl (C=O) groups is 1. The Hall–Kier alpha value is -2.63. The fraction of sp³-hybridized carbons (Fsp3) is 0.476. The van der Waals surface area contributed by atoms with Gasteiger partial charge in [0.2, 0.25) is 0 Å². The highest BCUT2D eigenvalue weighted by molar-refractivity contribution is 5.94. The molecule has 1 amide bonds. The molecular weight excluding hydrogens is 342 g/mol. The van der Waals surface area contributed by atoms with Crippen molar-refractivity contribution >= 4 is 5.91 Å². The molecular formula is C21H27N3O3. The first-order valence-electron chi connectivity index (χ1n) is 9.33. The van der Waals surface area contributed by atoms with E-state index in [0.717, 1.165) is 18.5 Å². The third-order valence-corrected chi connectivity index (χ3v) is 5.01. The van der Waals surface area contributed by atoms with E-state index in [1.54, 1.807) is 36.1 Å². The van der Waals surface area contributed by atoms with Crippen molar-refractivity contribution in [1.82, 2.24) is 14.7 Å². The van der Waals surface area contributed by atoms with Crippen LogP contribution in [0.5, 0.6) is 5.75 Å². The summed E-state index contributed by atoms with van der Waals surface area (Å²) in [5.41, 5.74) is 1.33. The predicted octanol–water partition coefficient (Wildman–Crippen LogP) is 3.03. The normalized spacial score (nSPS) is 15.6. The zero-order chi connectivity index (χ0) is 19.6. The van der Waals surface area contributed by atoms with Crippen LogP contribution in [0.2, 0.25) is 0 Å². The molecule has 27 heavy (non-hydrogen) atoms. The van der Waals surface area contributed by atoms with Gasteiger partial charge in [-0.2, -0.15) is 5.10 Å². The van der Waals surface area contributed by atoms with Crippen LogP contribution in [-0.2, 0) is 5.41 Å². The number of benzene rings is 1. The molecule has 0 radical (unpaired) electrons. The first-order valence-corrected chi connectivity index (χ1v) is 9.33. The molecule has 2 aromatic rings. The Bertz CT molecular complexity index is 875. The van der Waals surface area contributed by atoms with E-state index in [-0.39, 0.29) is 22.9 Å². The smallest absolute Gasteiger partial charge is 0.267 e. The summed E-state index contributed by atoms with van der Waals surface area (Å²) in [4.78, 5) is 26.9. The summed E-state index contributed by atoms with van der Waals surface area (Å²) < 4.78 is 6.81. The Morgan fingerprint density at radius 3 is 2.48 bits per heavy atom. The highest BCUT2D eigenvalue weighted by atomic mass is 16.5. The molecule has 6 heteroatoms. The van der Waals surface area contributed by atoms with Crippen molar-refractivity contribution in [3.63, 3.8) is 0 Å². The number of rotatable bonds is 3. The Morgan fingerprint density at radius 1 is 1.15 bits per heavy atom. The van der Waals surface area contributed by atoms with E-state index in [0.29, 0.717) is 24.4 Å². The van der Waals surface area contributed by atoms with E-state index in [2.05, 4.69) is 25.9 Å². The number of amides is 1. The lowest BCUT2D eigenvalue weighted by Gasteiger charge is -2.33. The van der Waals surface area contributed by atoms with Crippen LogP contribution in [0.1, 0.15) is 55.7 Å². The molecule has 0 unspecified atom stereocenters. The standard InChI is InChI=1S/C21H27N3O3/c1-21(2,3)18-8-9-19(25)24(22-18)16-10-12-23(13-11-16)20(26)15-6-5-7-17(14-15)27-4/h5-9,14,16H,10-13H2,1-4H3. The summed E-state index contributed by atoms with van der Waals surface area (Å²) in [6, 6.07) is 10.6. The third kappa shape index (κ3) is 4.21. The minimum absolute atomic E-state index is 0.00361. The molecule has 2 heterocycles. The first-order chi connectivity index (χ1) is 12.8. The highest BCUT2D eigenvalue weighted by Crippen LogP contribution is 2.24. The quantitative estimate of drug-likeness (QED) is 0.834. The summed E-state index contributed by atoms with van der Waals surface area (Å²) in [5.74, 6) is 0.668. The lowest BCUT2D eigenvalue weighted by molar-refractivity contribution is 0.0687. The molecule has 0 N–H and O–H groups in total. The fourth-order valence-electron chi connectivity index (χ4n) is 3.34. The van der Waals surface area contributed by atoms with Gasteiger partial charge in [0.05, 0.1) is 18.8 Å². The molecule has 0 bridgehead atoms. The maximum atomic E-state index is 12.7. The molecule has 1 aliphatic heterocycles. The van der Waals surface area contributed by atoms with Crippen molar-refractivity contribution in [2.45, 2.75) is 45.1 Å². The number of aromatic nitrogens is 2. The molecule has 1 aliphatic rings. The van der Waals surface area contributed by atoms with Gasteiger partial charge in [-0.15, -0.1) is 0 Å². The minimum Gasteiger partial charge on any atom is -0.497 e. The first kappa shape index (κ1) is 19.1. The number of methoxy groups -OCH3 is 1. The van der Waals surface area contributed by atoms with Gasteiger partial charge in [0.25, 0.3) is 11.5 Å². The number of hydrogen-bond acceptors (Lipinski definition) is 4. The maximum absolute atomic E-state index is 12.7. The molecule has 0 atom stereocenters. The lowest BCUT2D eigenvalue weighted by atomic mass is 9.92. The van der Waals surface area contributed by atoms with E-state index in [4.69, 9.17) is 4.74 Å². The molecule has 0 saturated carbocycles. The average Bonchev–Trinajstić information content (AvgIpc) is 2.67. The number of ether oxygens (including phenoxy) is 1. The second-order valence-corrected chi connectivity index (χ2v) is 8.01. The van der Waals surface area contributed by atoms with Crippen LogP contribution in [-0.4, -0.2) is 40.8 Å². The van der Waals surface area contributed by atoms with Gasteiger partial charge >= 0.3 is 0 Å². The molecule has 0 aliphatic carbocycles. The van der Waals surface area contributed by atoms with Gasteiger partial charge in [-0.25, -0.2) is 4.68 Å². The molecule has 6 nitrogen and oxygen atoms in total. The van der Waals surface area contributed by atoms with Gasteiger partial charge in [-0.05, 0) is 37.1 Å². The summed E-state index contributed by atoms with van der Waals surface area (Å²) in [6.45, 7) is 7.46. The van der Waals surface area contributed by atoms with Gasteiger partial charge in [-0.1, -0.05) is 26.8 Å². The van der Waals surface area contributed by atoms with Crippen LogP contribution >= 0.6 is 0 Å². The molecule has 1 aromatic carbocycles. The molecule has 144 valence electrons. The Balaban J connectivity index is 1.72. The Morgan fingerprint density at radius 2 is 1.85 bits per heavy atom. The lowest BCUT2D eigenvalue weighted by Crippen LogP contribution is -2.41. The zero-order valence-electron chi connectivity index (χ0n) is 16.4. The summed E-state index contributed by atoms with van der Waals surface area (Å²) in [5, 5.41) is 4.60. The van der Waals surface area contributed by atoms with Gasteiger partial charge in [-0.3, -0.25) is 9.59 Å². The Labute approximate surface area is 159 Å². The van der Waals surface area contributed by atoms with Crippen molar-refractivity contribution in [3.05, 3.63) is 58.0 Å². The van der Waals surface area contributed by atoms with Crippen LogP contribution in [0, 0.1) is 0 Å². The monoisotopic (exact) mass is 369 g/mol. The van der Waals surface area contributed by atoms with Crippen LogP contribution < -0.4 is 10.3 Å². The van der Waals surface area contributed by atoms with E-state index in [9.17, 15) is 9.59 Å². The topological polar surface area (TPSA) is 64.4 Å². The second kappa shape index (κ2) is 7.55. The number of carbonyl (C=O) groups excluding carboxylic acids is 1. The van der Waals surface area contributed by atoms with Crippen LogP contribution in [0.25, 0.3) is 0 Å². The molecule has 1 aromatic heterocycles. The van der Waals surface area contributed by atoms with Crippen LogP contribution in [0.4, 0.5) is 0 Å². The van der Waals surface area contributed by atoms with Gasteiger partial charge in [0.1, 0.15) is 5.75 Å². The average molecular weight is 369 g/mol. The minimum atomic E-state index is -0.113. The predicted molar refractivity (Wildman–Crippen MR) is 104 cm³/mol. The zero-order valence-corrected chi connectivity index (χ0v) is 16.4. The summed E-state index contributed by atoms with van der Waals surface area (Å²) >= 11 is 0. The molecule has 3 rings (SSSR count). The largest absolute Gasteiger partial charge is 0.497 e. The fourth-order valence-corrected chi connectivity index (χ4v) is 3.34. The number of piperidine rings is 1. The van der Waals surface area contributed by atoms with Gasteiger partial charge in [0, 0.05) is 30.1 Å². The number of nitrogens with zero attached hydrogens (tertiary/aromatic N) is 3. The van der Waals surface area contributed by atoms with E-state index < -0.39 is 0 Å². The van der Waals surface area contributed by atoms with E-state index in [1.807, 2.05) is 17.0 Å². The van der Waals surface area contributed by atoms with E-state index >= 15 is 0 Å². The van der Waals surface area contributed by atoms with Crippen LogP contribution in [0.3, 0.4) is 0 Å². The molecule has 1 saturated heterocycles. The third-order valence-electron chi connectivity index (χ3n) is 5.01. The van der Waals surface area contributed by atoms with Crippen molar-refractivity contribution in [2.75, 3.05) is 20.2 Å². The maximum Gasteiger partial charge on any atom is 0.267 e. The number of likely N-dealkylation sites (tertiary alicyclic amines) is 1. The van der Waals surface area contributed by atoms with Crippen molar-refractivity contribution < 1.29 is 9.53 Å². The van der Waals surface area contributed by atoms with Crippen molar-refractivity contribution in [1.29, 1.82) is 0 Å². The van der Waals surface area contributed by atoms with Gasteiger partial charge in [0.15, 0.2) is 0 Å². The van der Waals surface area contributed by atoms with Crippen molar-refractivity contribution in [3.8, 4) is 5.75 Å². The Kier molecular flexibility index (Phi) is 5.35. The van der Waals surface area contributed by atoms with Crippen LogP contribution in [0.15, 0.2) is 41.2 Å². The summed E-state index contributed by atoms with van der Waals surface area (Å²) in [7, 11) is 1.59. The molecule has 1 fully saturated rings. The SMILES string of the molecule is COc1cccc(C(=O)N2CCC(n3nc(C(C)(C)C)ccc3=O)CC2)c1. The van der Waals surface area contributed by atoms with Crippen molar-refractivity contribution in [2.24, 2.45) is 0 Å². The number of hydrogen-bond donors (Lipinski definition) is 0. The van der Waals surface area contributed by atoms with E-state index in [1.165, 1.54) is 0 Å². The highest BCUT2D eigenvalue weighted by Gasteiger charge is 2.27. The molecule has 0 spiro atoms.